The Bertz CT molecular complexity index is 967. The van der Waals surface area contributed by atoms with Crippen LogP contribution in [0.5, 0.6) is 0 Å². The molecule has 2 aromatic rings. The molecule has 1 saturated carbocycles. The molecule has 5 nitrogen and oxygen atoms in total. The Morgan fingerprint density at radius 2 is 2.06 bits per heavy atom. The Labute approximate surface area is 192 Å². The number of nitrogens with zero attached hydrogens (tertiary/aromatic N) is 1. The maximum Gasteiger partial charge on any atom is 0.309 e. The number of halogens is 2. The maximum atomic E-state index is 12.5. The Morgan fingerprint density at radius 3 is 2.77 bits per heavy atom. The van der Waals surface area contributed by atoms with E-state index < -0.39 is 0 Å². The molecule has 1 aliphatic heterocycles. The lowest BCUT2D eigenvalue weighted by Gasteiger charge is -2.35. The van der Waals surface area contributed by atoms with Crippen LogP contribution in [0.3, 0.4) is 0 Å². The van der Waals surface area contributed by atoms with Crippen molar-refractivity contribution in [1.82, 2.24) is 4.98 Å². The van der Waals surface area contributed by atoms with Gasteiger partial charge >= 0.3 is 5.97 Å². The number of carbonyl (C=O) groups is 2. The number of aromatic amines is 1. The van der Waals surface area contributed by atoms with Crippen molar-refractivity contribution >= 4 is 52.3 Å². The van der Waals surface area contributed by atoms with E-state index in [2.05, 4.69) is 11.6 Å². The first-order chi connectivity index (χ1) is 14.9. The third kappa shape index (κ3) is 5.09. The second-order valence-electron chi connectivity index (χ2n) is 8.84. The number of hydrogen-bond acceptors (Lipinski definition) is 3. The molecular weight excluding hydrogens is 435 g/mol. The van der Waals surface area contributed by atoms with Crippen LogP contribution in [-0.2, 0) is 14.3 Å². The highest BCUT2D eigenvalue weighted by atomic mass is 35.5. The van der Waals surface area contributed by atoms with E-state index in [4.69, 9.17) is 27.9 Å². The number of carbonyl (C=O) groups excluding carboxylic acids is 2. The highest BCUT2D eigenvalue weighted by Crippen LogP contribution is 2.37. The van der Waals surface area contributed by atoms with Crippen molar-refractivity contribution in [3.8, 4) is 0 Å². The zero-order chi connectivity index (χ0) is 22.0. The summed E-state index contributed by atoms with van der Waals surface area (Å²) in [6.07, 6.45) is 8.21. The van der Waals surface area contributed by atoms with Crippen LogP contribution in [0.1, 0.15) is 51.4 Å². The SMILES string of the molecule is C=C(Cl)C[C@H]1C[C@@H]([C@H](CC2CCCCC2)N(C=O)c2cc3cc(Cl)ccc3[nH]2)OC1=O. The molecule has 0 spiro atoms. The number of hydrogen-bond donors (Lipinski definition) is 1. The van der Waals surface area contributed by atoms with E-state index in [1.807, 2.05) is 24.3 Å². The number of amides is 1. The van der Waals surface area contributed by atoms with Crippen LogP contribution < -0.4 is 4.90 Å². The first-order valence-corrected chi connectivity index (χ1v) is 11.8. The summed E-state index contributed by atoms with van der Waals surface area (Å²) < 4.78 is 5.80. The smallest absolute Gasteiger partial charge is 0.309 e. The van der Waals surface area contributed by atoms with Gasteiger partial charge in [0.15, 0.2) is 0 Å². The highest BCUT2D eigenvalue weighted by Gasteiger charge is 2.42. The summed E-state index contributed by atoms with van der Waals surface area (Å²) in [5, 5.41) is 2.03. The molecule has 1 saturated heterocycles. The van der Waals surface area contributed by atoms with Gasteiger partial charge in [-0.2, -0.15) is 0 Å². The third-order valence-electron chi connectivity index (χ3n) is 6.63. The molecule has 1 amide bonds. The van der Waals surface area contributed by atoms with Crippen LogP contribution in [0.15, 0.2) is 35.9 Å². The number of cyclic esters (lactones) is 1. The number of H-pyrrole nitrogens is 1. The van der Waals surface area contributed by atoms with Gasteiger partial charge in [-0.3, -0.25) is 14.5 Å². The van der Waals surface area contributed by atoms with Crippen LogP contribution in [-0.4, -0.2) is 29.5 Å². The van der Waals surface area contributed by atoms with E-state index >= 15 is 0 Å². The zero-order valence-corrected chi connectivity index (χ0v) is 19.0. The van der Waals surface area contributed by atoms with Gasteiger partial charge in [-0.15, -0.1) is 0 Å². The first kappa shape index (κ1) is 22.2. The molecule has 166 valence electrons. The first-order valence-electron chi connectivity index (χ1n) is 11.0. The lowest BCUT2D eigenvalue weighted by molar-refractivity contribution is -0.145. The van der Waals surface area contributed by atoms with E-state index in [0.717, 1.165) is 36.6 Å². The second-order valence-corrected chi connectivity index (χ2v) is 9.81. The summed E-state index contributed by atoms with van der Waals surface area (Å²) >= 11 is 12.1. The summed E-state index contributed by atoms with van der Waals surface area (Å²) in [4.78, 5) is 29.9. The summed E-state index contributed by atoms with van der Waals surface area (Å²) in [6, 6.07) is 7.28. The van der Waals surface area contributed by atoms with E-state index in [-0.39, 0.29) is 24.0 Å². The minimum atomic E-state index is -0.365. The summed E-state index contributed by atoms with van der Waals surface area (Å²) in [5.74, 6) is 0.642. The van der Waals surface area contributed by atoms with Gasteiger partial charge < -0.3 is 9.72 Å². The van der Waals surface area contributed by atoms with Crippen LogP contribution in [0.25, 0.3) is 10.9 Å². The largest absolute Gasteiger partial charge is 0.460 e. The lowest BCUT2D eigenvalue weighted by Crippen LogP contribution is -2.45. The fourth-order valence-corrected chi connectivity index (χ4v) is 5.46. The van der Waals surface area contributed by atoms with Gasteiger partial charge in [0, 0.05) is 27.4 Å². The maximum absolute atomic E-state index is 12.5. The predicted octanol–water partition coefficient (Wildman–Crippen LogP) is 6.20. The average molecular weight is 463 g/mol. The van der Waals surface area contributed by atoms with Gasteiger partial charge in [-0.1, -0.05) is 61.9 Å². The molecule has 2 heterocycles. The Morgan fingerprint density at radius 1 is 1.29 bits per heavy atom. The van der Waals surface area contributed by atoms with E-state index in [0.29, 0.717) is 34.6 Å². The quantitative estimate of drug-likeness (QED) is 0.375. The van der Waals surface area contributed by atoms with E-state index in [1.54, 1.807) is 4.90 Å². The van der Waals surface area contributed by atoms with Crippen molar-refractivity contribution in [2.24, 2.45) is 11.8 Å². The van der Waals surface area contributed by atoms with Crippen molar-refractivity contribution in [3.63, 3.8) is 0 Å². The van der Waals surface area contributed by atoms with Gasteiger partial charge in [0.2, 0.25) is 6.41 Å². The van der Waals surface area contributed by atoms with Crippen LogP contribution >= 0.6 is 23.2 Å². The molecule has 2 aliphatic rings. The molecule has 3 atom stereocenters. The number of ether oxygens (including phenoxy) is 1. The topological polar surface area (TPSA) is 62.4 Å². The van der Waals surface area contributed by atoms with Gasteiger partial charge in [0.25, 0.3) is 0 Å². The fourth-order valence-electron chi connectivity index (χ4n) is 5.09. The minimum absolute atomic E-state index is 0.235. The zero-order valence-electron chi connectivity index (χ0n) is 17.5. The Kier molecular flexibility index (Phi) is 6.92. The van der Waals surface area contributed by atoms with Crippen molar-refractivity contribution in [3.05, 3.63) is 40.9 Å². The third-order valence-corrected chi connectivity index (χ3v) is 7.02. The normalized spacial score (nSPS) is 23.0. The van der Waals surface area contributed by atoms with Gasteiger partial charge in [-0.05, 0) is 43.0 Å². The molecule has 0 unspecified atom stereocenters. The number of fused-ring (bicyclic) bond motifs is 1. The molecule has 31 heavy (non-hydrogen) atoms. The van der Waals surface area contributed by atoms with Crippen LogP contribution in [0.4, 0.5) is 5.82 Å². The molecule has 0 radical (unpaired) electrons. The molecule has 1 N–H and O–H groups in total. The van der Waals surface area contributed by atoms with Gasteiger partial charge in [-0.25, -0.2) is 0 Å². The number of aromatic nitrogens is 1. The standard InChI is InChI=1S/C24H28Cl2N2O3/c1-15(25)9-18-12-22(31-24(18)30)21(10-16-5-3-2-4-6-16)28(14-29)23-13-17-11-19(26)7-8-20(17)27-23/h7-8,11,13-14,16,18,21-22,27H,1-6,9-10,12H2/t18-,21-,22-/m0/s1. The van der Waals surface area contributed by atoms with Gasteiger partial charge in [0.1, 0.15) is 11.9 Å². The predicted molar refractivity (Wildman–Crippen MR) is 124 cm³/mol. The molecule has 0 bridgehead atoms. The molecular formula is C24H28Cl2N2O3. The molecule has 1 aliphatic carbocycles. The molecule has 2 fully saturated rings. The molecule has 4 rings (SSSR count). The Hall–Kier alpha value is -1.98. The van der Waals surface area contributed by atoms with Crippen molar-refractivity contribution in [2.75, 3.05) is 4.90 Å². The van der Waals surface area contributed by atoms with E-state index in [9.17, 15) is 9.59 Å². The number of nitrogens with one attached hydrogen (secondary N) is 1. The van der Waals surface area contributed by atoms with E-state index in [1.165, 1.54) is 19.3 Å². The Balaban J connectivity index is 1.63. The lowest BCUT2D eigenvalue weighted by atomic mass is 9.82. The highest BCUT2D eigenvalue weighted by molar-refractivity contribution is 6.31. The molecule has 7 heteroatoms. The van der Waals surface area contributed by atoms with Crippen molar-refractivity contribution < 1.29 is 14.3 Å². The fraction of sp³-hybridized carbons (Fsp3) is 0.500. The summed E-state index contributed by atoms with van der Waals surface area (Å²) in [6.45, 7) is 3.72. The number of allylic oxidation sites excluding steroid dienone is 1. The molecule has 1 aromatic heterocycles. The number of rotatable bonds is 8. The van der Waals surface area contributed by atoms with Gasteiger partial charge in [0.05, 0.1) is 12.0 Å². The van der Waals surface area contributed by atoms with Crippen molar-refractivity contribution in [2.45, 2.75) is 63.5 Å². The summed E-state index contributed by atoms with van der Waals surface area (Å²) in [7, 11) is 0. The number of benzene rings is 1. The number of esters is 1. The monoisotopic (exact) mass is 462 g/mol. The van der Waals surface area contributed by atoms with Crippen LogP contribution in [0.2, 0.25) is 5.02 Å². The second kappa shape index (κ2) is 9.66. The minimum Gasteiger partial charge on any atom is -0.460 e. The average Bonchev–Trinajstić information content (AvgIpc) is 3.31. The number of anilines is 1. The van der Waals surface area contributed by atoms with Crippen molar-refractivity contribution in [1.29, 1.82) is 0 Å². The molecule has 1 aromatic carbocycles. The van der Waals surface area contributed by atoms with Crippen LogP contribution in [0, 0.1) is 11.8 Å². The summed E-state index contributed by atoms with van der Waals surface area (Å²) in [5.41, 5.74) is 0.905.